The molecule has 2 amide bonds. The van der Waals surface area contributed by atoms with Crippen LogP contribution in [0.25, 0.3) is 0 Å². The highest BCUT2D eigenvalue weighted by Crippen LogP contribution is 2.44. The van der Waals surface area contributed by atoms with Gasteiger partial charge >= 0.3 is 6.03 Å². The number of amides is 2. The van der Waals surface area contributed by atoms with E-state index in [-0.39, 0.29) is 12.1 Å². The number of fused-ring (bicyclic) bond motifs is 1. The van der Waals surface area contributed by atoms with Gasteiger partial charge in [0.2, 0.25) is 0 Å². The largest absolute Gasteiger partial charge is 0.485 e. The molecule has 1 aliphatic carbocycles. The van der Waals surface area contributed by atoms with Crippen LogP contribution in [0.5, 0.6) is 5.75 Å². The number of ether oxygens (including phenoxy) is 1. The van der Waals surface area contributed by atoms with Crippen LogP contribution in [0.3, 0.4) is 0 Å². The standard InChI is InChI=1S/C22H25N3O3/c26-18-14-22(28-19-7-4-10-23-20(18)19)8-11-25(12-9-22)21(27)24-17-13-16(17)15-5-2-1-3-6-15/h1-7,10,16-18,26H,8-9,11-14H2,(H,24,27). The maximum atomic E-state index is 12.7. The van der Waals surface area contributed by atoms with Crippen molar-refractivity contribution in [1.29, 1.82) is 0 Å². The highest BCUT2D eigenvalue weighted by molar-refractivity contribution is 5.75. The Kier molecular flexibility index (Phi) is 4.23. The number of aliphatic hydroxyl groups excluding tert-OH is 1. The summed E-state index contributed by atoms with van der Waals surface area (Å²) in [5, 5.41) is 13.7. The Balaban J connectivity index is 1.17. The van der Waals surface area contributed by atoms with Crippen LogP contribution in [-0.4, -0.2) is 45.8 Å². The fourth-order valence-electron chi connectivity index (χ4n) is 4.56. The molecule has 5 rings (SSSR count). The summed E-state index contributed by atoms with van der Waals surface area (Å²) < 4.78 is 6.25. The van der Waals surface area contributed by atoms with Gasteiger partial charge in [0.1, 0.15) is 23.1 Å². The van der Waals surface area contributed by atoms with Gasteiger partial charge in [-0.05, 0) is 24.1 Å². The summed E-state index contributed by atoms with van der Waals surface area (Å²) in [5.41, 5.74) is 1.51. The van der Waals surface area contributed by atoms with Crippen LogP contribution in [0.1, 0.15) is 49.0 Å². The number of benzene rings is 1. The van der Waals surface area contributed by atoms with E-state index in [1.807, 2.05) is 35.2 Å². The summed E-state index contributed by atoms with van der Waals surface area (Å²) >= 11 is 0. The molecule has 3 unspecified atom stereocenters. The van der Waals surface area contributed by atoms with Gasteiger partial charge in [-0.1, -0.05) is 30.3 Å². The molecule has 1 aromatic carbocycles. The number of piperidine rings is 1. The molecule has 1 aromatic heterocycles. The lowest BCUT2D eigenvalue weighted by molar-refractivity contribution is -0.0496. The van der Waals surface area contributed by atoms with Crippen molar-refractivity contribution in [3.8, 4) is 5.75 Å². The van der Waals surface area contributed by atoms with Gasteiger partial charge in [-0.15, -0.1) is 0 Å². The zero-order valence-corrected chi connectivity index (χ0v) is 15.8. The minimum Gasteiger partial charge on any atom is -0.485 e. The van der Waals surface area contributed by atoms with Crippen LogP contribution in [-0.2, 0) is 0 Å². The van der Waals surface area contributed by atoms with Gasteiger partial charge in [0.25, 0.3) is 0 Å². The van der Waals surface area contributed by atoms with E-state index in [4.69, 9.17) is 4.74 Å². The molecule has 3 atom stereocenters. The quantitative estimate of drug-likeness (QED) is 0.841. The first-order valence-corrected chi connectivity index (χ1v) is 10.1. The normalized spacial score (nSPS) is 27.6. The van der Waals surface area contributed by atoms with Crippen molar-refractivity contribution in [2.75, 3.05) is 13.1 Å². The Morgan fingerprint density at radius 1 is 1.18 bits per heavy atom. The molecule has 1 saturated heterocycles. The number of nitrogens with zero attached hydrogens (tertiary/aromatic N) is 2. The van der Waals surface area contributed by atoms with Crippen molar-refractivity contribution in [2.24, 2.45) is 0 Å². The Morgan fingerprint density at radius 3 is 2.75 bits per heavy atom. The minimum absolute atomic E-state index is 0.0108. The fraction of sp³-hybridized carbons (Fsp3) is 0.455. The van der Waals surface area contributed by atoms with E-state index in [1.54, 1.807) is 6.20 Å². The van der Waals surface area contributed by atoms with Crippen LogP contribution >= 0.6 is 0 Å². The van der Waals surface area contributed by atoms with E-state index in [0.29, 0.717) is 36.9 Å². The SMILES string of the molecule is O=C(NC1CC1c1ccccc1)N1CCC2(CC1)CC(O)c1ncccc1O2. The number of carbonyl (C=O) groups is 1. The van der Waals surface area contributed by atoms with Gasteiger partial charge in [-0.3, -0.25) is 4.98 Å². The van der Waals surface area contributed by atoms with E-state index in [9.17, 15) is 9.90 Å². The van der Waals surface area contributed by atoms with E-state index in [0.717, 1.165) is 19.3 Å². The maximum absolute atomic E-state index is 12.7. The Bertz CT molecular complexity index is 864. The predicted octanol–water partition coefficient (Wildman–Crippen LogP) is 3.00. The number of aromatic nitrogens is 1. The molecule has 146 valence electrons. The molecule has 6 nitrogen and oxygen atoms in total. The van der Waals surface area contributed by atoms with Crippen LogP contribution in [0.2, 0.25) is 0 Å². The summed E-state index contributed by atoms with van der Waals surface area (Å²) in [6, 6.07) is 14.3. The van der Waals surface area contributed by atoms with Crippen molar-refractivity contribution in [3.05, 3.63) is 59.9 Å². The molecule has 2 aromatic rings. The molecule has 2 N–H and O–H groups in total. The number of urea groups is 1. The third kappa shape index (κ3) is 3.22. The second kappa shape index (κ2) is 6.78. The molecule has 1 spiro atoms. The Labute approximate surface area is 164 Å². The van der Waals surface area contributed by atoms with Crippen LogP contribution in [0, 0.1) is 0 Å². The summed E-state index contributed by atoms with van der Waals surface area (Å²) in [6.45, 7) is 1.27. The minimum atomic E-state index is -0.608. The Morgan fingerprint density at radius 2 is 1.96 bits per heavy atom. The van der Waals surface area contributed by atoms with Gasteiger partial charge in [0, 0.05) is 50.5 Å². The van der Waals surface area contributed by atoms with Gasteiger partial charge in [0.05, 0.1) is 0 Å². The summed E-state index contributed by atoms with van der Waals surface area (Å²) in [4.78, 5) is 18.8. The zero-order chi connectivity index (χ0) is 19.1. The number of pyridine rings is 1. The number of aliphatic hydroxyl groups is 1. The average molecular weight is 379 g/mol. The van der Waals surface area contributed by atoms with Crippen molar-refractivity contribution >= 4 is 6.03 Å². The second-order valence-corrected chi connectivity index (χ2v) is 8.19. The molecule has 1 saturated carbocycles. The topological polar surface area (TPSA) is 74.7 Å². The molecule has 2 aliphatic heterocycles. The molecule has 2 fully saturated rings. The average Bonchev–Trinajstić information content (AvgIpc) is 3.48. The molecule has 0 bridgehead atoms. The number of likely N-dealkylation sites (tertiary alicyclic amines) is 1. The summed E-state index contributed by atoms with van der Waals surface area (Å²) in [7, 11) is 0. The van der Waals surface area contributed by atoms with Crippen LogP contribution in [0.15, 0.2) is 48.7 Å². The number of nitrogens with one attached hydrogen (secondary N) is 1. The van der Waals surface area contributed by atoms with Crippen molar-refractivity contribution < 1.29 is 14.6 Å². The predicted molar refractivity (Wildman–Crippen MR) is 104 cm³/mol. The zero-order valence-electron chi connectivity index (χ0n) is 15.8. The summed E-state index contributed by atoms with van der Waals surface area (Å²) in [5.74, 6) is 1.10. The molecule has 28 heavy (non-hydrogen) atoms. The highest BCUT2D eigenvalue weighted by Gasteiger charge is 2.45. The first-order valence-electron chi connectivity index (χ1n) is 10.1. The highest BCUT2D eigenvalue weighted by atomic mass is 16.5. The van der Waals surface area contributed by atoms with E-state index in [2.05, 4.69) is 22.4 Å². The van der Waals surface area contributed by atoms with Crippen molar-refractivity contribution in [3.63, 3.8) is 0 Å². The number of rotatable bonds is 2. The van der Waals surface area contributed by atoms with Gasteiger partial charge in [0.15, 0.2) is 0 Å². The molecular weight excluding hydrogens is 354 g/mol. The number of hydrogen-bond donors (Lipinski definition) is 2. The lowest BCUT2D eigenvalue weighted by Gasteiger charge is -2.45. The first-order chi connectivity index (χ1) is 13.6. The van der Waals surface area contributed by atoms with Gasteiger partial charge in [-0.25, -0.2) is 4.79 Å². The van der Waals surface area contributed by atoms with Crippen LogP contribution < -0.4 is 10.1 Å². The number of hydrogen-bond acceptors (Lipinski definition) is 4. The summed E-state index contributed by atoms with van der Waals surface area (Å²) in [6.07, 6.45) is 4.05. The monoisotopic (exact) mass is 379 g/mol. The third-order valence-corrected chi connectivity index (χ3v) is 6.30. The number of carbonyl (C=O) groups excluding carboxylic acids is 1. The smallest absolute Gasteiger partial charge is 0.317 e. The Hall–Kier alpha value is -2.60. The van der Waals surface area contributed by atoms with Gasteiger partial charge < -0.3 is 20.1 Å². The lowest BCUT2D eigenvalue weighted by atomic mass is 9.83. The fourth-order valence-corrected chi connectivity index (χ4v) is 4.56. The lowest BCUT2D eigenvalue weighted by Crippen LogP contribution is -2.54. The molecule has 0 radical (unpaired) electrons. The van der Waals surface area contributed by atoms with Gasteiger partial charge in [-0.2, -0.15) is 0 Å². The van der Waals surface area contributed by atoms with Crippen LogP contribution in [0.4, 0.5) is 4.79 Å². The second-order valence-electron chi connectivity index (χ2n) is 8.19. The van der Waals surface area contributed by atoms with Crippen molar-refractivity contribution in [1.82, 2.24) is 15.2 Å². The molecular formula is C22H25N3O3. The van der Waals surface area contributed by atoms with E-state index in [1.165, 1.54) is 5.56 Å². The third-order valence-electron chi connectivity index (χ3n) is 6.30. The maximum Gasteiger partial charge on any atom is 0.317 e. The van der Waals surface area contributed by atoms with E-state index < -0.39 is 11.7 Å². The van der Waals surface area contributed by atoms with Crippen molar-refractivity contribution in [2.45, 2.75) is 49.3 Å². The van der Waals surface area contributed by atoms with E-state index >= 15 is 0 Å². The molecule has 3 heterocycles. The first kappa shape index (κ1) is 17.5. The molecule has 3 aliphatic rings. The molecule has 6 heteroatoms.